The molecule has 1 aliphatic heterocycles. The summed E-state index contributed by atoms with van der Waals surface area (Å²) in [5, 5.41) is 20.3. The number of benzene rings is 1. The molecule has 3 nitrogen and oxygen atoms in total. The zero-order valence-electron chi connectivity index (χ0n) is 10.4. The summed E-state index contributed by atoms with van der Waals surface area (Å²) in [5.74, 6) is 0. The summed E-state index contributed by atoms with van der Waals surface area (Å²) in [6.45, 7) is 2.55. The topological polar surface area (TPSA) is 43.7 Å². The van der Waals surface area contributed by atoms with Crippen LogP contribution in [0.4, 0.5) is 0 Å². The first-order valence-corrected chi connectivity index (χ1v) is 6.87. The Morgan fingerprint density at radius 3 is 3.00 bits per heavy atom. The number of piperidine rings is 1. The lowest BCUT2D eigenvalue weighted by molar-refractivity contribution is 0.0590. The van der Waals surface area contributed by atoms with E-state index in [2.05, 4.69) is 4.90 Å². The molecule has 2 N–H and O–H groups in total. The lowest BCUT2D eigenvalue weighted by Crippen LogP contribution is -2.39. The van der Waals surface area contributed by atoms with E-state index >= 15 is 0 Å². The van der Waals surface area contributed by atoms with Crippen molar-refractivity contribution in [2.45, 2.75) is 31.5 Å². The first-order chi connectivity index (χ1) is 8.65. The van der Waals surface area contributed by atoms with Crippen LogP contribution in [0.25, 0.3) is 0 Å². The molecule has 1 saturated heterocycles. The summed E-state index contributed by atoms with van der Waals surface area (Å²) in [4.78, 5) is 2.21. The summed E-state index contributed by atoms with van der Waals surface area (Å²) in [6.07, 6.45) is 1.92. The van der Waals surface area contributed by atoms with Gasteiger partial charge in [-0.3, -0.25) is 0 Å². The number of rotatable bonds is 4. The number of β-amino-alcohol motifs (C(OH)–C–C–N with tert-alkyl or cyclic N) is 1. The SMILES string of the molecule is OC1CCCN(CCC(O)c2cccc(Cl)c2)C1. The highest BCUT2D eigenvalue weighted by atomic mass is 35.5. The zero-order chi connectivity index (χ0) is 13.0. The molecule has 100 valence electrons. The van der Waals surface area contributed by atoms with Crippen molar-refractivity contribution in [2.24, 2.45) is 0 Å². The van der Waals surface area contributed by atoms with Crippen LogP contribution in [0.2, 0.25) is 5.02 Å². The smallest absolute Gasteiger partial charge is 0.0802 e. The molecule has 2 atom stereocenters. The summed E-state index contributed by atoms with van der Waals surface area (Å²) in [6, 6.07) is 7.35. The third kappa shape index (κ3) is 3.95. The molecule has 1 aliphatic rings. The average molecular weight is 270 g/mol. The Hall–Kier alpha value is -0.610. The van der Waals surface area contributed by atoms with Crippen molar-refractivity contribution >= 4 is 11.6 Å². The monoisotopic (exact) mass is 269 g/mol. The highest BCUT2D eigenvalue weighted by molar-refractivity contribution is 6.30. The van der Waals surface area contributed by atoms with Crippen LogP contribution in [-0.2, 0) is 0 Å². The van der Waals surface area contributed by atoms with Gasteiger partial charge in [0.1, 0.15) is 0 Å². The number of hydrogen-bond donors (Lipinski definition) is 2. The number of likely N-dealkylation sites (tertiary alicyclic amines) is 1. The number of hydrogen-bond acceptors (Lipinski definition) is 3. The molecule has 0 amide bonds. The van der Waals surface area contributed by atoms with Crippen LogP contribution in [0.5, 0.6) is 0 Å². The van der Waals surface area contributed by atoms with E-state index in [1.807, 2.05) is 12.1 Å². The van der Waals surface area contributed by atoms with Gasteiger partial charge in [0.2, 0.25) is 0 Å². The standard InChI is InChI=1S/C14H20ClNO2/c15-12-4-1-3-11(9-12)14(18)6-8-16-7-2-5-13(17)10-16/h1,3-4,9,13-14,17-18H,2,5-8,10H2. The van der Waals surface area contributed by atoms with E-state index in [4.69, 9.17) is 11.6 Å². The van der Waals surface area contributed by atoms with Crippen molar-refractivity contribution in [1.82, 2.24) is 4.90 Å². The van der Waals surface area contributed by atoms with Gasteiger partial charge in [0.25, 0.3) is 0 Å². The molecule has 0 aliphatic carbocycles. The molecule has 2 unspecified atom stereocenters. The minimum absolute atomic E-state index is 0.206. The molecular weight excluding hydrogens is 250 g/mol. The van der Waals surface area contributed by atoms with Crippen LogP contribution in [-0.4, -0.2) is 40.9 Å². The lowest BCUT2D eigenvalue weighted by Gasteiger charge is -2.30. The van der Waals surface area contributed by atoms with Gasteiger partial charge in [0.05, 0.1) is 12.2 Å². The molecular formula is C14H20ClNO2. The number of halogens is 1. The Kier molecular flexibility index (Phi) is 5.01. The summed E-state index contributed by atoms with van der Waals surface area (Å²) < 4.78 is 0. The number of aliphatic hydroxyl groups excluding tert-OH is 2. The van der Waals surface area contributed by atoms with Crippen molar-refractivity contribution in [1.29, 1.82) is 0 Å². The number of aliphatic hydroxyl groups is 2. The van der Waals surface area contributed by atoms with E-state index in [9.17, 15) is 10.2 Å². The van der Waals surface area contributed by atoms with Crippen molar-refractivity contribution in [2.75, 3.05) is 19.6 Å². The van der Waals surface area contributed by atoms with Crippen LogP contribution in [0, 0.1) is 0 Å². The lowest BCUT2D eigenvalue weighted by atomic mass is 10.0. The maximum Gasteiger partial charge on any atom is 0.0802 e. The molecule has 0 aromatic heterocycles. The Morgan fingerprint density at radius 2 is 2.28 bits per heavy atom. The molecule has 4 heteroatoms. The van der Waals surface area contributed by atoms with Gasteiger partial charge >= 0.3 is 0 Å². The van der Waals surface area contributed by atoms with Gasteiger partial charge in [-0.05, 0) is 43.5 Å². The van der Waals surface area contributed by atoms with Gasteiger partial charge in [0, 0.05) is 18.1 Å². The average Bonchev–Trinajstić information content (AvgIpc) is 2.36. The predicted molar refractivity (Wildman–Crippen MR) is 72.7 cm³/mol. The molecule has 0 radical (unpaired) electrons. The van der Waals surface area contributed by atoms with Gasteiger partial charge in [-0.1, -0.05) is 23.7 Å². The highest BCUT2D eigenvalue weighted by Gasteiger charge is 2.18. The molecule has 1 fully saturated rings. The van der Waals surface area contributed by atoms with Crippen LogP contribution >= 0.6 is 11.6 Å². The summed E-state index contributed by atoms with van der Waals surface area (Å²) >= 11 is 5.90. The summed E-state index contributed by atoms with van der Waals surface area (Å²) in [7, 11) is 0. The molecule has 1 heterocycles. The third-order valence-electron chi connectivity index (χ3n) is 3.43. The fourth-order valence-electron chi connectivity index (χ4n) is 2.42. The molecule has 18 heavy (non-hydrogen) atoms. The Balaban J connectivity index is 1.82. The Morgan fingerprint density at radius 1 is 1.44 bits per heavy atom. The minimum atomic E-state index is -0.484. The summed E-state index contributed by atoms with van der Waals surface area (Å²) in [5.41, 5.74) is 0.861. The van der Waals surface area contributed by atoms with Crippen LogP contribution in [0.3, 0.4) is 0 Å². The maximum atomic E-state index is 10.1. The minimum Gasteiger partial charge on any atom is -0.392 e. The third-order valence-corrected chi connectivity index (χ3v) is 3.67. The predicted octanol–water partition coefficient (Wildman–Crippen LogP) is 2.22. The quantitative estimate of drug-likeness (QED) is 0.881. The second-order valence-corrected chi connectivity index (χ2v) is 5.39. The van der Waals surface area contributed by atoms with Gasteiger partial charge in [-0.25, -0.2) is 0 Å². The van der Waals surface area contributed by atoms with Crippen molar-refractivity contribution in [3.05, 3.63) is 34.9 Å². The van der Waals surface area contributed by atoms with E-state index in [0.29, 0.717) is 11.4 Å². The molecule has 0 spiro atoms. The highest BCUT2D eigenvalue weighted by Crippen LogP contribution is 2.21. The van der Waals surface area contributed by atoms with E-state index in [0.717, 1.165) is 38.0 Å². The number of nitrogens with zero attached hydrogens (tertiary/aromatic N) is 1. The largest absolute Gasteiger partial charge is 0.392 e. The van der Waals surface area contributed by atoms with Gasteiger partial charge < -0.3 is 15.1 Å². The second kappa shape index (κ2) is 6.53. The van der Waals surface area contributed by atoms with E-state index in [1.54, 1.807) is 12.1 Å². The van der Waals surface area contributed by atoms with Crippen LogP contribution in [0.1, 0.15) is 30.9 Å². The second-order valence-electron chi connectivity index (χ2n) is 4.96. The first kappa shape index (κ1) is 13.8. The van der Waals surface area contributed by atoms with E-state index in [1.165, 1.54) is 0 Å². The zero-order valence-corrected chi connectivity index (χ0v) is 11.2. The van der Waals surface area contributed by atoms with Crippen molar-refractivity contribution in [3.63, 3.8) is 0 Å². The van der Waals surface area contributed by atoms with Crippen molar-refractivity contribution < 1.29 is 10.2 Å². The molecule has 1 aromatic rings. The molecule has 0 bridgehead atoms. The van der Waals surface area contributed by atoms with Crippen LogP contribution in [0.15, 0.2) is 24.3 Å². The first-order valence-electron chi connectivity index (χ1n) is 6.49. The van der Waals surface area contributed by atoms with Gasteiger partial charge in [-0.15, -0.1) is 0 Å². The molecule has 0 saturated carbocycles. The Labute approximate surface area is 113 Å². The van der Waals surface area contributed by atoms with E-state index in [-0.39, 0.29) is 6.10 Å². The fraction of sp³-hybridized carbons (Fsp3) is 0.571. The van der Waals surface area contributed by atoms with Gasteiger partial charge in [0.15, 0.2) is 0 Å². The molecule has 1 aromatic carbocycles. The maximum absolute atomic E-state index is 10.1. The molecule has 2 rings (SSSR count). The van der Waals surface area contributed by atoms with E-state index < -0.39 is 6.10 Å². The normalized spacial score (nSPS) is 22.9. The Bertz CT molecular complexity index is 386. The van der Waals surface area contributed by atoms with Gasteiger partial charge in [-0.2, -0.15) is 0 Å². The van der Waals surface area contributed by atoms with Crippen molar-refractivity contribution in [3.8, 4) is 0 Å². The van der Waals surface area contributed by atoms with Crippen LogP contribution < -0.4 is 0 Å². The fourth-order valence-corrected chi connectivity index (χ4v) is 2.62.